The predicted molar refractivity (Wildman–Crippen MR) is 66.3 cm³/mol. The van der Waals surface area contributed by atoms with Gasteiger partial charge in [0.25, 0.3) is 0 Å². The van der Waals surface area contributed by atoms with Crippen molar-refractivity contribution in [2.45, 2.75) is 60.3 Å². The van der Waals surface area contributed by atoms with E-state index in [9.17, 15) is 4.79 Å². The summed E-state index contributed by atoms with van der Waals surface area (Å²) in [4.78, 5) is 10.8. The lowest BCUT2D eigenvalue weighted by Crippen LogP contribution is -2.29. The van der Waals surface area contributed by atoms with Gasteiger partial charge >= 0.3 is 5.97 Å². The number of aliphatic carboxylic acids is 1. The molecule has 1 fully saturated rings. The van der Waals surface area contributed by atoms with Crippen LogP contribution >= 0.6 is 0 Å². The Kier molecular flexibility index (Phi) is 3.71. The van der Waals surface area contributed by atoms with E-state index in [1.165, 1.54) is 12.8 Å². The second-order valence-electron chi connectivity index (χ2n) is 6.94. The minimum absolute atomic E-state index is 0.0716. The zero-order chi connectivity index (χ0) is 12.6. The molecule has 0 spiro atoms. The van der Waals surface area contributed by atoms with Gasteiger partial charge in [-0.05, 0) is 41.9 Å². The third kappa shape index (κ3) is 2.99. The summed E-state index contributed by atoms with van der Waals surface area (Å²) in [6, 6.07) is 0. The Morgan fingerprint density at radius 2 is 1.94 bits per heavy atom. The zero-order valence-corrected chi connectivity index (χ0v) is 11.3. The lowest BCUT2D eigenvalue weighted by molar-refractivity contribution is -0.139. The first-order valence-electron chi connectivity index (χ1n) is 6.37. The minimum atomic E-state index is -0.672. The van der Waals surface area contributed by atoms with E-state index in [1.54, 1.807) is 0 Å². The van der Waals surface area contributed by atoms with Crippen molar-refractivity contribution in [1.82, 2.24) is 0 Å². The molecule has 0 aromatic rings. The van der Waals surface area contributed by atoms with Crippen LogP contribution in [0.15, 0.2) is 0 Å². The first kappa shape index (κ1) is 13.5. The Hall–Kier alpha value is -0.530. The minimum Gasteiger partial charge on any atom is -0.481 e. The maximum Gasteiger partial charge on any atom is 0.303 e. The molecule has 0 aromatic carbocycles. The van der Waals surface area contributed by atoms with E-state index in [2.05, 4.69) is 34.6 Å². The van der Waals surface area contributed by atoms with Gasteiger partial charge in [-0.1, -0.05) is 34.6 Å². The molecule has 2 heteroatoms. The highest BCUT2D eigenvalue weighted by Gasteiger charge is 2.42. The first-order chi connectivity index (χ1) is 7.15. The Morgan fingerprint density at radius 3 is 2.31 bits per heavy atom. The Morgan fingerprint density at radius 1 is 1.38 bits per heavy atom. The van der Waals surface area contributed by atoms with Gasteiger partial charge in [-0.2, -0.15) is 0 Å². The summed E-state index contributed by atoms with van der Waals surface area (Å²) in [5.41, 5.74) is 0.299. The Bertz CT molecular complexity index is 266. The van der Waals surface area contributed by atoms with Crippen LogP contribution in [0.25, 0.3) is 0 Å². The summed E-state index contributed by atoms with van der Waals surface area (Å²) in [5.74, 6) is 0.767. The molecule has 0 heterocycles. The van der Waals surface area contributed by atoms with Crippen molar-refractivity contribution in [3.63, 3.8) is 0 Å². The summed E-state index contributed by atoms with van der Waals surface area (Å²) in [6.45, 7) is 11.2. The first-order valence-corrected chi connectivity index (χ1v) is 6.37. The molecule has 2 unspecified atom stereocenters. The molecule has 1 aliphatic rings. The molecule has 2 atom stereocenters. The van der Waals surface area contributed by atoms with Gasteiger partial charge in [-0.3, -0.25) is 4.79 Å². The molecule has 0 bridgehead atoms. The second-order valence-corrected chi connectivity index (χ2v) is 6.94. The van der Waals surface area contributed by atoms with Crippen LogP contribution in [-0.4, -0.2) is 11.1 Å². The van der Waals surface area contributed by atoms with Crippen molar-refractivity contribution < 1.29 is 9.90 Å². The van der Waals surface area contributed by atoms with Crippen LogP contribution in [0.3, 0.4) is 0 Å². The van der Waals surface area contributed by atoms with E-state index in [0.717, 1.165) is 12.3 Å². The molecule has 0 radical (unpaired) electrons. The highest BCUT2D eigenvalue weighted by atomic mass is 16.4. The van der Waals surface area contributed by atoms with Crippen LogP contribution in [0, 0.1) is 22.7 Å². The molecule has 2 nitrogen and oxygen atoms in total. The fraction of sp³-hybridized carbons (Fsp3) is 0.929. The Labute approximate surface area is 99.4 Å². The topological polar surface area (TPSA) is 37.3 Å². The molecular weight excluding hydrogens is 200 g/mol. The maximum absolute atomic E-state index is 10.8. The van der Waals surface area contributed by atoms with Crippen molar-refractivity contribution >= 4 is 5.97 Å². The predicted octanol–water partition coefficient (Wildman–Crippen LogP) is 3.95. The monoisotopic (exact) mass is 226 g/mol. The van der Waals surface area contributed by atoms with E-state index in [-0.39, 0.29) is 11.8 Å². The van der Waals surface area contributed by atoms with E-state index < -0.39 is 5.97 Å². The smallest absolute Gasteiger partial charge is 0.303 e. The van der Waals surface area contributed by atoms with Gasteiger partial charge < -0.3 is 5.11 Å². The second kappa shape index (κ2) is 4.38. The van der Waals surface area contributed by atoms with E-state index in [1.807, 2.05) is 0 Å². The SMILES string of the molecule is CC1CCC(CC(C)(C)CC(=O)O)C1(C)C. The molecule has 0 aromatic heterocycles. The standard InChI is InChI=1S/C14H26O2/c1-10-6-7-11(14(10,4)5)8-13(2,3)9-12(15)16/h10-11H,6-9H2,1-5H3,(H,15,16). The van der Waals surface area contributed by atoms with Gasteiger partial charge in [0.15, 0.2) is 0 Å². The molecule has 1 saturated carbocycles. The molecule has 16 heavy (non-hydrogen) atoms. The van der Waals surface area contributed by atoms with Crippen LogP contribution in [0.5, 0.6) is 0 Å². The third-order valence-electron chi connectivity index (χ3n) is 4.70. The fourth-order valence-corrected chi connectivity index (χ4v) is 3.11. The third-order valence-corrected chi connectivity index (χ3v) is 4.70. The van der Waals surface area contributed by atoms with Crippen molar-refractivity contribution in [3.8, 4) is 0 Å². The summed E-state index contributed by atoms with van der Waals surface area (Å²) in [5, 5.41) is 8.91. The number of carboxylic acid groups (broad SMARTS) is 1. The van der Waals surface area contributed by atoms with Crippen LogP contribution in [0.2, 0.25) is 0 Å². The van der Waals surface area contributed by atoms with Crippen LogP contribution in [0.4, 0.5) is 0 Å². The van der Waals surface area contributed by atoms with E-state index >= 15 is 0 Å². The van der Waals surface area contributed by atoms with Gasteiger partial charge in [-0.25, -0.2) is 0 Å². The van der Waals surface area contributed by atoms with Gasteiger partial charge in [0.05, 0.1) is 6.42 Å². The number of carbonyl (C=O) groups is 1. The normalized spacial score (nSPS) is 29.3. The van der Waals surface area contributed by atoms with E-state index in [0.29, 0.717) is 11.3 Å². The zero-order valence-electron chi connectivity index (χ0n) is 11.3. The van der Waals surface area contributed by atoms with Gasteiger partial charge in [-0.15, -0.1) is 0 Å². The molecule has 0 amide bonds. The van der Waals surface area contributed by atoms with Gasteiger partial charge in [0, 0.05) is 0 Å². The number of hydrogen-bond acceptors (Lipinski definition) is 1. The van der Waals surface area contributed by atoms with Crippen molar-refractivity contribution in [1.29, 1.82) is 0 Å². The maximum atomic E-state index is 10.8. The largest absolute Gasteiger partial charge is 0.481 e. The van der Waals surface area contributed by atoms with Crippen molar-refractivity contribution in [2.24, 2.45) is 22.7 Å². The van der Waals surface area contributed by atoms with E-state index in [4.69, 9.17) is 5.11 Å². The number of carboxylic acids is 1. The molecule has 1 rings (SSSR count). The van der Waals surface area contributed by atoms with Crippen molar-refractivity contribution in [2.75, 3.05) is 0 Å². The molecule has 1 N–H and O–H groups in total. The Balaban J connectivity index is 2.64. The molecule has 1 aliphatic carbocycles. The van der Waals surface area contributed by atoms with Gasteiger partial charge in [0.1, 0.15) is 0 Å². The van der Waals surface area contributed by atoms with Crippen LogP contribution < -0.4 is 0 Å². The molecule has 0 saturated heterocycles. The number of hydrogen-bond donors (Lipinski definition) is 1. The highest BCUT2D eigenvalue weighted by Crippen LogP contribution is 2.51. The summed E-state index contributed by atoms with van der Waals surface area (Å²) < 4.78 is 0. The highest BCUT2D eigenvalue weighted by molar-refractivity contribution is 5.67. The molecule has 0 aliphatic heterocycles. The average molecular weight is 226 g/mol. The summed E-state index contributed by atoms with van der Waals surface area (Å²) in [6.07, 6.45) is 3.88. The lowest BCUT2D eigenvalue weighted by atomic mass is 9.69. The summed E-state index contributed by atoms with van der Waals surface area (Å²) in [7, 11) is 0. The van der Waals surface area contributed by atoms with Crippen LogP contribution in [0.1, 0.15) is 60.3 Å². The van der Waals surface area contributed by atoms with Gasteiger partial charge in [0.2, 0.25) is 0 Å². The molecular formula is C14H26O2. The summed E-state index contributed by atoms with van der Waals surface area (Å²) >= 11 is 0. The number of rotatable bonds is 4. The average Bonchev–Trinajstić information content (AvgIpc) is 2.29. The molecule has 94 valence electrons. The fourth-order valence-electron chi connectivity index (χ4n) is 3.11. The van der Waals surface area contributed by atoms with Crippen molar-refractivity contribution in [3.05, 3.63) is 0 Å². The lowest BCUT2D eigenvalue weighted by Gasteiger charge is -2.36. The quantitative estimate of drug-likeness (QED) is 0.788. The van der Waals surface area contributed by atoms with Crippen LogP contribution in [-0.2, 0) is 4.79 Å².